The van der Waals surface area contributed by atoms with Gasteiger partial charge < -0.3 is 16.0 Å². The number of amides is 2. The molecule has 0 bridgehead atoms. The lowest BCUT2D eigenvalue weighted by atomic mass is 10.0. The molecule has 1 aliphatic heterocycles. The number of likely N-dealkylation sites (tertiary alicyclic amines) is 1. The Labute approximate surface area is 143 Å². The van der Waals surface area contributed by atoms with Gasteiger partial charge in [-0.05, 0) is 37.5 Å². The SMILES string of the molecule is NCCC(=O)NCC1CCCCN1C(=O)c1ccc(Br)cc1F. The number of hydrogen-bond acceptors (Lipinski definition) is 3. The highest BCUT2D eigenvalue weighted by Gasteiger charge is 2.29. The van der Waals surface area contributed by atoms with Crippen LogP contribution >= 0.6 is 15.9 Å². The second-order valence-corrected chi connectivity index (χ2v) is 6.53. The molecule has 0 aromatic heterocycles. The van der Waals surface area contributed by atoms with Crippen LogP contribution in [0.25, 0.3) is 0 Å². The molecule has 1 aromatic carbocycles. The van der Waals surface area contributed by atoms with Crippen LogP contribution in [0.4, 0.5) is 4.39 Å². The predicted molar refractivity (Wildman–Crippen MR) is 89.5 cm³/mol. The molecular formula is C16H21BrFN3O2. The number of benzene rings is 1. The van der Waals surface area contributed by atoms with Crippen LogP contribution in [0.3, 0.4) is 0 Å². The van der Waals surface area contributed by atoms with Crippen LogP contribution < -0.4 is 11.1 Å². The lowest BCUT2D eigenvalue weighted by Gasteiger charge is -2.36. The van der Waals surface area contributed by atoms with E-state index in [1.807, 2.05) is 0 Å². The van der Waals surface area contributed by atoms with Crippen molar-refractivity contribution < 1.29 is 14.0 Å². The Morgan fingerprint density at radius 1 is 1.39 bits per heavy atom. The fourth-order valence-corrected chi connectivity index (χ4v) is 3.08. The van der Waals surface area contributed by atoms with Gasteiger partial charge in [-0.25, -0.2) is 4.39 Å². The zero-order valence-electron chi connectivity index (χ0n) is 12.9. The molecule has 0 saturated carbocycles. The van der Waals surface area contributed by atoms with Crippen molar-refractivity contribution in [3.63, 3.8) is 0 Å². The average Bonchev–Trinajstić information content (AvgIpc) is 2.53. The molecule has 0 aliphatic carbocycles. The van der Waals surface area contributed by atoms with E-state index >= 15 is 0 Å². The van der Waals surface area contributed by atoms with Gasteiger partial charge in [0.2, 0.25) is 5.91 Å². The normalized spacial score (nSPS) is 17.9. The van der Waals surface area contributed by atoms with Crippen molar-refractivity contribution in [3.8, 4) is 0 Å². The molecule has 0 radical (unpaired) electrons. The topological polar surface area (TPSA) is 75.4 Å². The van der Waals surface area contributed by atoms with Gasteiger partial charge in [0.1, 0.15) is 5.82 Å². The van der Waals surface area contributed by atoms with Crippen molar-refractivity contribution in [1.29, 1.82) is 0 Å². The van der Waals surface area contributed by atoms with Gasteiger partial charge in [-0.3, -0.25) is 9.59 Å². The minimum absolute atomic E-state index is 0.0633. The van der Waals surface area contributed by atoms with Gasteiger partial charge in [0.05, 0.1) is 5.56 Å². The first-order valence-corrected chi connectivity index (χ1v) is 8.55. The van der Waals surface area contributed by atoms with Gasteiger partial charge in [-0.15, -0.1) is 0 Å². The maximum atomic E-state index is 14.0. The van der Waals surface area contributed by atoms with Crippen LogP contribution in [-0.4, -0.2) is 42.4 Å². The number of piperidine rings is 1. The lowest BCUT2D eigenvalue weighted by Crippen LogP contribution is -2.49. The molecule has 126 valence electrons. The first-order chi connectivity index (χ1) is 11.0. The summed E-state index contributed by atoms with van der Waals surface area (Å²) in [5.41, 5.74) is 5.41. The van der Waals surface area contributed by atoms with E-state index in [1.165, 1.54) is 12.1 Å². The third-order valence-corrected chi connectivity index (χ3v) is 4.45. The van der Waals surface area contributed by atoms with E-state index in [4.69, 9.17) is 5.73 Å². The standard InChI is InChI=1S/C16H21BrFN3O2/c17-11-4-5-13(14(18)9-11)16(23)21-8-2-1-3-12(21)10-20-15(22)6-7-19/h4-5,9,12H,1-3,6-8,10,19H2,(H,20,22). The molecular weight excluding hydrogens is 365 g/mol. The molecule has 2 amide bonds. The predicted octanol–water partition coefficient (Wildman–Crippen LogP) is 2.05. The second kappa shape index (κ2) is 8.40. The van der Waals surface area contributed by atoms with Crippen molar-refractivity contribution >= 4 is 27.7 Å². The number of carbonyl (C=O) groups is 2. The van der Waals surface area contributed by atoms with E-state index < -0.39 is 5.82 Å². The fraction of sp³-hybridized carbons (Fsp3) is 0.500. The molecule has 5 nitrogen and oxygen atoms in total. The Hall–Kier alpha value is -1.47. The summed E-state index contributed by atoms with van der Waals surface area (Å²) in [5.74, 6) is -0.992. The van der Waals surface area contributed by atoms with Crippen molar-refractivity contribution in [2.75, 3.05) is 19.6 Å². The third kappa shape index (κ3) is 4.75. The van der Waals surface area contributed by atoms with Gasteiger partial charge in [-0.2, -0.15) is 0 Å². The minimum atomic E-state index is -0.541. The average molecular weight is 386 g/mol. The van der Waals surface area contributed by atoms with Gasteiger partial charge in [0.15, 0.2) is 0 Å². The summed E-state index contributed by atoms with van der Waals surface area (Å²) >= 11 is 3.19. The van der Waals surface area contributed by atoms with Crippen molar-refractivity contribution in [1.82, 2.24) is 10.2 Å². The van der Waals surface area contributed by atoms with Gasteiger partial charge in [-0.1, -0.05) is 15.9 Å². The molecule has 1 fully saturated rings. The molecule has 3 N–H and O–H groups in total. The molecule has 0 spiro atoms. The van der Waals surface area contributed by atoms with E-state index in [0.29, 0.717) is 24.1 Å². The van der Waals surface area contributed by atoms with Crippen LogP contribution in [0.1, 0.15) is 36.0 Å². The van der Waals surface area contributed by atoms with Crippen molar-refractivity contribution in [2.45, 2.75) is 31.7 Å². The fourth-order valence-electron chi connectivity index (χ4n) is 2.75. The molecule has 2 rings (SSSR count). The van der Waals surface area contributed by atoms with Crippen LogP contribution in [0, 0.1) is 5.82 Å². The van der Waals surface area contributed by atoms with Crippen molar-refractivity contribution in [2.24, 2.45) is 5.73 Å². The summed E-state index contributed by atoms with van der Waals surface area (Å²) in [7, 11) is 0. The largest absolute Gasteiger partial charge is 0.354 e. The van der Waals surface area contributed by atoms with Gasteiger partial charge in [0, 0.05) is 36.6 Å². The van der Waals surface area contributed by atoms with E-state index in [9.17, 15) is 14.0 Å². The summed E-state index contributed by atoms with van der Waals surface area (Å²) in [5, 5.41) is 2.80. The van der Waals surface area contributed by atoms with Gasteiger partial charge >= 0.3 is 0 Å². The molecule has 7 heteroatoms. The van der Waals surface area contributed by atoms with Crippen molar-refractivity contribution in [3.05, 3.63) is 34.1 Å². The molecule has 23 heavy (non-hydrogen) atoms. The molecule has 1 heterocycles. The maximum Gasteiger partial charge on any atom is 0.257 e. The summed E-state index contributed by atoms with van der Waals surface area (Å²) < 4.78 is 14.6. The Morgan fingerprint density at radius 2 is 2.17 bits per heavy atom. The van der Waals surface area contributed by atoms with E-state index in [2.05, 4.69) is 21.2 Å². The molecule has 1 aliphatic rings. The number of carbonyl (C=O) groups excluding carboxylic acids is 2. The second-order valence-electron chi connectivity index (χ2n) is 5.62. The van der Waals surface area contributed by atoms with Crippen LogP contribution in [0.15, 0.2) is 22.7 Å². The highest BCUT2D eigenvalue weighted by molar-refractivity contribution is 9.10. The maximum absolute atomic E-state index is 14.0. The number of nitrogens with two attached hydrogens (primary N) is 1. The third-order valence-electron chi connectivity index (χ3n) is 3.96. The monoisotopic (exact) mass is 385 g/mol. The van der Waals surface area contributed by atoms with Crippen LogP contribution in [0.5, 0.6) is 0 Å². The Bertz CT molecular complexity index is 582. The number of nitrogens with one attached hydrogen (secondary N) is 1. The summed E-state index contributed by atoms with van der Waals surface area (Å²) in [6, 6.07) is 4.31. The Kier molecular flexibility index (Phi) is 6.53. The summed E-state index contributed by atoms with van der Waals surface area (Å²) in [4.78, 5) is 25.9. The lowest BCUT2D eigenvalue weighted by molar-refractivity contribution is -0.121. The van der Waals surface area contributed by atoms with Crippen LogP contribution in [0.2, 0.25) is 0 Å². The Morgan fingerprint density at radius 3 is 2.87 bits per heavy atom. The molecule has 1 unspecified atom stereocenters. The van der Waals surface area contributed by atoms with E-state index in [0.717, 1.165) is 19.3 Å². The van der Waals surface area contributed by atoms with Gasteiger partial charge in [0.25, 0.3) is 5.91 Å². The Balaban J connectivity index is 2.07. The summed E-state index contributed by atoms with van der Waals surface area (Å²) in [6.45, 7) is 1.25. The highest BCUT2D eigenvalue weighted by Crippen LogP contribution is 2.22. The summed E-state index contributed by atoms with van der Waals surface area (Å²) in [6.07, 6.45) is 2.94. The molecule has 1 atom stereocenters. The minimum Gasteiger partial charge on any atom is -0.354 e. The zero-order valence-corrected chi connectivity index (χ0v) is 14.4. The number of halogens is 2. The zero-order chi connectivity index (χ0) is 16.8. The first kappa shape index (κ1) is 17.9. The van der Waals surface area contributed by atoms with Crippen LogP contribution in [-0.2, 0) is 4.79 Å². The number of nitrogens with zero attached hydrogens (tertiary/aromatic N) is 1. The van der Waals surface area contributed by atoms with E-state index in [1.54, 1.807) is 11.0 Å². The molecule has 1 saturated heterocycles. The number of hydrogen-bond donors (Lipinski definition) is 2. The smallest absolute Gasteiger partial charge is 0.257 e. The van der Waals surface area contributed by atoms with E-state index in [-0.39, 0.29) is 29.8 Å². The quantitative estimate of drug-likeness (QED) is 0.814. The first-order valence-electron chi connectivity index (χ1n) is 7.75. The molecule has 1 aromatic rings. The highest BCUT2D eigenvalue weighted by atomic mass is 79.9. The number of rotatable bonds is 5.